The minimum Gasteiger partial charge on any atom is -0.481 e. The van der Waals surface area contributed by atoms with Crippen LogP contribution in [-0.2, 0) is 89.1 Å². The fraction of sp³-hybridized carbons (Fsp3) is 0.648. The zero-order chi connectivity index (χ0) is 61.6. The van der Waals surface area contributed by atoms with Crippen LogP contribution in [0.25, 0.3) is 0 Å². The summed E-state index contributed by atoms with van der Waals surface area (Å²) in [4.78, 5) is 82.8. The molecule has 0 fully saturated rings. The standard InChI is InChI=1S/C46H74BN7O17.C4H10N2O.C2H6.C2H2/c1-35(2)45(52-40(55)7-11-62-14-10-54-42(57)5-6-43(54)58)46(61)50-31-41(56)51-39-4-3-36(30-47)37(29-39)33-71-34-38(48)32-53(49)9-13-64-16-18-66-20-22-68-24-26-70-28-27-69-25-23-67-21-19-65-17-15-63-12-8-44(59)60;1-2-3-6-4(5)7;2*1-2/h3-6,29,32,35,45H,7-28,30-31,33-34,48-49H2,1-2H3,(H,50,61)(H,51,56)(H,52,55)(H,59,60);2-3H2,1H3,(H3,5,6,7);1-2H3;1-2H/b38-32-;;;. The average Bonchev–Trinajstić information content (AvgIpc) is 3.77. The quantitative estimate of drug-likeness (QED) is 0.0109. The van der Waals surface area contributed by atoms with Gasteiger partial charge in [-0.25, -0.2) is 10.6 Å². The normalized spacial score (nSPS) is 12.1. The number of carboxylic acid groups (broad SMARTS) is 1. The number of benzene rings is 1. The third-order valence-corrected chi connectivity index (χ3v) is 10.2. The van der Waals surface area contributed by atoms with Gasteiger partial charge in [-0.15, -0.1) is 12.8 Å². The number of carboxylic acids is 1. The van der Waals surface area contributed by atoms with Gasteiger partial charge in [0.2, 0.25) is 17.7 Å². The average molecular weight is 1170 g/mol. The lowest BCUT2D eigenvalue weighted by molar-refractivity contribution is -0.139. The van der Waals surface area contributed by atoms with Gasteiger partial charge in [0, 0.05) is 37.0 Å². The van der Waals surface area contributed by atoms with E-state index >= 15 is 0 Å². The Morgan fingerprint density at radius 3 is 1.61 bits per heavy atom. The molecule has 0 aromatic heterocycles. The molecule has 1 aliphatic rings. The van der Waals surface area contributed by atoms with Crippen molar-refractivity contribution in [1.29, 1.82) is 0 Å². The van der Waals surface area contributed by atoms with Crippen molar-refractivity contribution in [2.24, 2.45) is 23.2 Å². The van der Waals surface area contributed by atoms with E-state index in [9.17, 15) is 33.6 Å². The Labute approximate surface area is 485 Å². The van der Waals surface area contributed by atoms with Crippen molar-refractivity contribution in [2.45, 2.75) is 72.9 Å². The molecular weight excluding hydrogens is 1070 g/mol. The number of imide groups is 1. The van der Waals surface area contributed by atoms with E-state index in [0.29, 0.717) is 124 Å². The zero-order valence-electron chi connectivity index (χ0n) is 48.7. The highest BCUT2D eigenvalue weighted by Gasteiger charge is 2.25. The Morgan fingerprint density at radius 2 is 1.16 bits per heavy atom. The molecule has 1 aliphatic heterocycles. The SMILES string of the molecule is C#C.CC.CCCNC(N)=O.[B]Cc1ccc(NC(=O)CNC(=O)C(NC(=O)CCOCCN2C(=O)C=CC2=O)C(C)C)cc1COC/C(N)=C/N(N)CCOCCOCCOCCOCCOCCOCCOCCOCCC(=O)O. The van der Waals surface area contributed by atoms with E-state index in [1.165, 1.54) is 17.2 Å². The van der Waals surface area contributed by atoms with Crippen molar-refractivity contribution in [3.05, 3.63) is 53.4 Å². The number of nitrogens with zero attached hydrogens (tertiary/aromatic N) is 2. The summed E-state index contributed by atoms with van der Waals surface area (Å²) in [5.74, 6) is 2.56. The van der Waals surface area contributed by atoms with E-state index in [0.717, 1.165) is 22.4 Å². The Hall–Kier alpha value is -6.23. The zero-order valence-corrected chi connectivity index (χ0v) is 48.7. The Bertz CT molecular complexity index is 1970. The first-order valence-corrected chi connectivity index (χ1v) is 27.1. The molecule has 2 radical (unpaired) electrons. The van der Waals surface area contributed by atoms with Crippen LogP contribution >= 0.6 is 0 Å². The molecule has 11 N–H and O–H groups in total. The summed E-state index contributed by atoms with van der Waals surface area (Å²) in [5.41, 5.74) is 13.2. The molecule has 1 atom stereocenters. The second-order valence-corrected chi connectivity index (χ2v) is 17.0. The molecule has 464 valence electrons. The molecule has 1 unspecified atom stereocenters. The van der Waals surface area contributed by atoms with Crippen LogP contribution in [0, 0.1) is 18.8 Å². The first kappa shape index (κ1) is 77.8. The summed E-state index contributed by atoms with van der Waals surface area (Å²) < 4.78 is 54.6. The number of nitrogens with one attached hydrogen (secondary N) is 4. The molecule has 1 heterocycles. The summed E-state index contributed by atoms with van der Waals surface area (Å²) in [6.07, 6.45) is 13.0. The first-order chi connectivity index (χ1) is 39.6. The van der Waals surface area contributed by atoms with Crippen LogP contribution in [0.15, 0.2) is 42.2 Å². The molecule has 0 bridgehead atoms. The molecule has 28 heteroatoms. The van der Waals surface area contributed by atoms with E-state index in [-0.39, 0.29) is 71.2 Å². The molecule has 82 heavy (non-hydrogen) atoms. The van der Waals surface area contributed by atoms with Gasteiger partial charge in [0.1, 0.15) is 6.04 Å². The van der Waals surface area contributed by atoms with Gasteiger partial charge >= 0.3 is 12.0 Å². The topological polar surface area (TPSA) is 365 Å². The Kier molecular flexibility index (Phi) is 51.3. The lowest BCUT2D eigenvalue weighted by atomic mass is 9.93. The van der Waals surface area contributed by atoms with Gasteiger partial charge in [0.05, 0.1) is 172 Å². The minimum absolute atomic E-state index is 0.0163. The number of urea groups is 1. The number of hydrazine groups is 1. The lowest BCUT2D eigenvalue weighted by Gasteiger charge is -2.22. The molecule has 1 aromatic carbocycles. The summed E-state index contributed by atoms with van der Waals surface area (Å²) >= 11 is 0. The van der Waals surface area contributed by atoms with E-state index in [1.54, 1.807) is 38.2 Å². The number of hydrogen-bond acceptors (Lipinski definition) is 20. The van der Waals surface area contributed by atoms with Crippen molar-refractivity contribution in [3.63, 3.8) is 0 Å². The van der Waals surface area contributed by atoms with Gasteiger partial charge in [0.15, 0.2) is 0 Å². The van der Waals surface area contributed by atoms with Crippen molar-refractivity contribution >= 4 is 55.1 Å². The van der Waals surface area contributed by atoms with Gasteiger partial charge in [-0.2, -0.15) is 0 Å². The van der Waals surface area contributed by atoms with Gasteiger partial charge in [-0.05, 0) is 30.0 Å². The Balaban J connectivity index is 0. The molecule has 0 saturated heterocycles. The van der Waals surface area contributed by atoms with Crippen LogP contribution < -0.4 is 38.6 Å². The van der Waals surface area contributed by atoms with Crippen molar-refractivity contribution in [1.82, 2.24) is 25.9 Å². The monoisotopic (exact) mass is 1170 g/mol. The maximum atomic E-state index is 13.0. The molecule has 2 rings (SSSR count). The number of ether oxygens (including phenoxy) is 10. The maximum absolute atomic E-state index is 13.0. The predicted molar refractivity (Wildman–Crippen MR) is 306 cm³/mol. The number of hydrogen-bond donors (Lipinski definition) is 8. The highest BCUT2D eigenvalue weighted by atomic mass is 16.6. The van der Waals surface area contributed by atoms with E-state index < -0.39 is 47.6 Å². The number of terminal acetylenes is 1. The molecule has 0 saturated carbocycles. The number of carbonyl (C=O) groups is 7. The highest BCUT2D eigenvalue weighted by Crippen LogP contribution is 2.18. The largest absolute Gasteiger partial charge is 0.481 e. The smallest absolute Gasteiger partial charge is 0.312 e. The molecule has 0 spiro atoms. The van der Waals surface area contributed by atoms with Gasteiger partial charge < -0.3 is 90.2 Å². The fourth-order valence-electron chi connectivity index (χ4n) is 6.19. The van der Waals surface area contributed by atoms with Crippen molar-refractivity contribution < 1.29 is 86.0 Å². The Morgan fingerprint density at radius 1 is 0.683 bits per heavy atom. The number of rotatable bonds is 47. The van der Waals surface area contributed by atoms with Gasteiger partial charge in [-0.1, -0.05) is 52.6 Å². The fourth-order valence-corrected chi connectivity index (χ4v) is 6.19. The summed E-state index contributed by atoms with van der Waals surface area (Å²) in [6, 6.07) is 3.81. The summed E-state index contributed by atoms with van der Waals surface area (Å²) in [7, 11) is 5.94. The molecular formula is C54H92BN9O18. The number of aliphatic carboxylic acids is 1. The molecule has 1 aromatic rings. The molecule has 7 amide bonds. The second-order valence-electron chi connectivity index (χ2n) is 17.0. The van der Waals surface area contributed by atoms with E-state index in [2.05, 4.69) is 34.1 Å². The first-order valence-electron chi connectivity index (χ1n) is 27.1. The van der Waals surface area contributed by atoms with Crippen LogP contribution in [0.5, 0.6) is 0 Å². The van der Waals surface area contributed by atoms with Crippen LogP contribution in [0.1, 0.15) is 65.0 Å². The van der Waals surface area contributed by atoms with Crippen LogP contribution in [0.2, 0.25) is 0 Å². The number of anilines is 1. The third kappa shape index (κ3) is 44.4. The van der Waals surface area contributed by atoms with Gasteiger partial charge in [0.25, 0.3) is 11.8 Å². The summed E-state index contributed by atoms with van der Waals surface area (Å²) in [5, 5.41) is 20.3. The van der Waals surface area contributed by atoms with Crippen molar-refractivity contribution in [3.8, 4) is 12.8 Å². The van der Waals surface area contributed by atoms with Crippen LogP contribution in [0.3, 0.4) is 0 Å². The summed E-state index contributed by atoms with van der Waals surface area (Å²) in [6.45, 7) is 16.8. The minimum atomic E-state index is -0.909. The number of amides is 7. The number of nitrogens with two attached hydrogens (primary N) is 3. The number of primary amides is 1. The van der Waals surface area contributed by atoms with E-state index in [1.807, 2.05) is 20.8 Å². The lowest BCUT2D eigenvalue weighted by Crippen LogP contribution is -2.51. The third-order valence-electron chi connectivity index (χ3n) is 10.2. The van der Waals surface area contributed by atoms with Gasteiger partial charge in [-0.3, -0.25) is 33.7 Å². The highest BCUT2D eigenvalue weighted by molar-refractivity contribution is 6.12. The van der Waals surface area contributed by atoms with E-state index in [4.69, 9.17) is 77.6 Å². The van der Waals surface area contributed by atoms with Crippen LogP contribution in [0.4, 0.5) is 10.5 Å². The van der Waals surface area contributed by atoms with Crippen molar-refractivity contribution in [2.75, 3.05) is 157 Å². The van der Waals surface area contributed by atoms with Crippen LogP contribution in [-0.4, -0.2) is 222 Å². The molecule has 27 nitrogen and oxygen atoms in total. The number of carbonyl (C=O) groups excluding carboxylic acids is 6. The predicted octanol–water partition coefficient (Wildman–Crippen LogP) is 0.322. The maximum Gasteiger partial charge on any atom is 0.312 e. The second kappa shape index (κ2) is 54.0. The molecule has 0 aliphatic carbocycles.